The van der Waals surface area contributed by atoms with E-state index < -0.39 is 11.4 Å². The van der Waals surface area contributed by atoms with Crippen molar-refractivity contribution in [1.29, 1.82) is 0 Å². The molecule has 0 unspecified atom stereocenters. The summed E-state index contributed by atoms with van der Waals surface area (Å²) in [5.41, 5.74) is 1.18. The second-order valence-corrected chi connectivity index (χ2v) is 7.35. The Morgan fingerprint density at radius 2 is 1.86 bits per heavy atom. The molecule has 0 saturated carbocycles. The van der Waals surface area contributed by atoms with Crippen molar-refractivity contribution in [3.05, 3.63) is 73.2 Å². The number of hydrogen-bond donors (Lipinski definition) is 0. The summed E-state index contributed by atoms with van der Waals surface area (Å²) in [7, 11) is 0. The minimum atomic E-state index is -0.686. The van der Waals surface area contributed by atoms with E-state index in [1.807, 2.05) is 11.5 Å². The fourth-order valence-corrected chi connectivity index (χ4v) is 3.58. The first-order valence-electron chi connectivity index (χ1n) is 8.93. The second-order valence-electron chi connectivity index (χ2n) is 6.15. The molecule has 0 atom stereocenters. The molecule has 152 valence electrons. The summed E-state index contributed by atoms with van der Waals surface area (Å²) >= 11 is 18.2. The molecular formula is C20H18Cl3N3O3. The zero-order chi connectivity index (χ0) is 21.1. The van der Waals surface area contributed by atoms with E-state index in [9.17, 15) is 9.59 Å². The third kappa shape index (κ3) is 4.50. The Bertz CT molecular complexity index is 1120. The van der Waals surface area contributed by atoms with E-state index >= 15 is 0 Å². The summed E-state index contributed by atoms with van der Waals surface area (Å²) in [5, 5.41) is 5.21. The SMILES string of the molecule is CCOC(=O)c1c(-c2ccc(Cl)c(Cl)c2)n(CC)c(Cn2ccc(Cl)n2)cc1=O. The molecule has 0 N–H and O–H groups in total. The number of carbonyl (C=O) groups excluding carboxylic acids is 1. The van der Waals surface area contributed by atoms with Crippen LogP contribution in [0, 0.1) is 0 Å². The van der Waals surface area contributed by atoms with Crippen LogP contribution in [0.1, 0.15) is 29.9 Å². The average Bonchev–Trinajstić information content (AvgIpc) is 3.08. The molecule has 9 heteroatoms. The number of aromatic nitrogens is 3. The third-order valence-corrected chi connectivity index (χ3v) is 5.26. The molecule has 2 aromatic heterocycles. The van der Waals surface area contributed by atoms with Gasteiger partial charge in [-0.15, -0.1) is 0 Å². The molecule has 0 aliphatic rings. The fraction of sp³-hybridized carbons (Fsp3) is 0.250. The summed E-state index contributed by atoms with van der Waals surface area (Å²) < 4.78 is 8.62. The van der Waals surface area contributed by atoms with E-state index in [1.165, 1.54) is 6.07 Å². The van der Waals surface area contributed by atoms with Gasteiger partial charge in [-0.1, -0.05) is 40.9 Å². The van der Waals surface area contributed by atoms with Crippen LogP contribution in [-0.4, -0.2) is 26.9 Å². The Hall–Kier alpha value is -2.28. The van der Waals surface area contributed by atoms with E-state index in [0.717, 1.165) is 0 Å². The van der Waals surface area contributed by atoms with E-state index in [-0.39, 0.29) is 12.2 Å². The largest absolute Gasteiger partial charge is 0.462 e. The van der Waals surface area contributed by atoms with Gasteiger partial charge in [-0.3, -0.25) is 9.48 Å². The van der Waals surface area contributed by atoms with Crippen molar-refractivity contribution in [2.24, 2.45) is 0 Å². The lowest BCUT2D eigenvalue weighted by atomic mass is 10.0. The predicted molar refractivity (Wildman–Crippen MR) is 114 cm³/mol. The van der Waals surface area contributed by atoms with Crippen LogP contribution in [0.3, 0.4) is 0 Å². The summed E-state index contributed by atoms with van der Waals surface area (Å²) in [6.45, 7) is 4.55. The van der Waals surface area contributed by atoms with E-state index in [0.29, 0.717) is 45.2 Å². The van der Waals surface area contributed by atoms with Crippen molar-refractivity contribution >= 4 is 40.8 Å². The Kier molecular flexibility index (Phi) is 6.67. The average molecular weight is 455 g/mol. The van der Waals surface area contributed by atoms with Crippen molar-refractivity contribution in [1.82, 2.24) is 14.3 Å². The number of rotatable bonds is 6. The van der Waals surface area contributed by atoms with Crippen molar-refractivity contribution in [3.8, 4) is 11.3 Å². The Balaban J connectivity index is 2.28. The lowest BCUT2D eigenvalue weighted by molar-refractivity contribution is 0.0525. The summed E-state index contributed by atoms with van der Waals surface area (Å²) in [4.78, 5) is 25.6. The zero-order valence-corrected chi connectivity index (χ0v) is 18.1. The zero-order valence-electron chi connectivity index (χ0n) is 15.8. The fourth-order valence-electron chi connectivity index (χ4n) is 3.12. The topological polar surface area (TPSA) is 66.1 Å². The van der Waals surface area contributed by atoms with Gasteiger partial charge in [-0.05, 0) is 32.0 Å². The molecule has 29 heavy (non-hydrogen) atoms. The van der Waals surface area contributed by atoms with Gasteiger partial charge in [0.25, 0.3) is 0 Å². The molecule has 0 aliphatic carbocycles. The van der Waals surface area contributed by atoms with Crippen LogP contribution in [0.2, 0.25) is 15.2 Å². The molecule has 0 spiro atoms. The first-order valence-corrected chi connectivity index (χ1v) is 10.1. The molecule has 3 aromatic rings. The number of esters is 1. The Morgan fingerprint density at radius 1 is 1.10 bits per heavy atom. The normalized spacial score (nSPS) is 10.9. The number of carbonyl (C=O) groups is 1. The van der Waals surface area contributed by atoms with Crippen LogP contribution in [0.4, 0.5) is 0 Å². The van der Waals surface area contributed by atoms with E-state index in [4.69, 9.17) is 39.5 Å². The summed E-state index contributed by atoms with van der Waals surface area (Å²) in [6.07, 6.45) is 1.71. The minimum absolute atomic E-state index is 0.0469. The molecule has 0 amide bonds. The minimum Gasteiger partial charge on any atom is -0.462 e. The number of halogens is 3. The van der Waals surface area contributed by atoms with Crippen molar-refractivity contribution in [2.45, 2.75) is 26.9 Å². The van der Waals surface area contributed by atoms with Crippen molar-refractivity contribution in [3.63, 3.8) is 0 Å². The van der Waals surface area contributed by atoms with Crippen LogP contribution in [0.25, 0.3) is 11.3 Å². The molecule has 0 bridgehead atoms. The number of nitrogens with zero attached hydrogens (tertiary/aromatic N) is 3. The highest BCUT2D eigenvalue weighted by Gasteiger charge is 2.24. The Morgan fingerprint density at radius 3 is 2.45 bits per heavy atom. The van der Waals surface area contributed by atoms with Crippen LogP contribution < -0.4 is 5.43 Å². The van der Waals surface area contributed by atoms with Crippen molar-refractivity contribution in [2.75, 3.05) is 6.61 Å². The lowest BCUT2D eigenvalue weighted by Gasteiger charge is -2.20. The smallest absolute Gasteiger partial charge is 0.344 e. The van der Waals surface area contributed by atoms with Crippen LogP contribution >= 0.6 is 34.8 Å². The molecular weight excluding hydrogens is 437 g/mol. The van der Waals surface area contributed by atoms with Crippen LogP contribution in [-0.2, 0) is 17.8 Å². The predicted octanol–water partition coefficient (Wildman–Crippen LogP) is 4.92. The molecule has 3 rings (SSSR count). The summed E-state index contributed by atoms with van der Waals surface area (Å²) in [5.74, 6) is -0.686. The van der Waals surface area contributed by atoms with Crippen molar-refractivity contribution < 1.29 is 9.53 Å². The summed E-state index contributed by atoms with van der Waals surface area (Å²) in [6, 6.07) is 8.04. The van der Waals surface area contributed by atoms with Gasteiger partial charge in [-0.25, -0.2) is 4.79 Å². The molecule has 0 saturated heterocycles. The van der Waals surface area contributed by atoms with Crippen LogP contribution in [0.15, 0.2) is 41.3 Å². The molecule has 0 radical (unpaired) electrons. The number of pyridine rings is 1. The highest BCUT2D eigenvalue weighted by Crippen LogP contribution is 2.31. The highest BCUT2D eigenvalue weighted by molar-refractivity contribution is 6.42. The van der Waals surface area contributed by atoms with Gasteiger partial charge < -0.3 is 9.30 Å². The first-order chi connectivity index (χ1) is 13.8. The van der Waals surface area contributed by atoms with Crippen LogP contribution in [0.5, 0.6) is 0 Å². The molecule has 0 aliphatic heterocycles. The third-order valence-electron chi connectivity index (χ3n) is 4.32. The second kappa shape index (κ2) is 9.03. The van der Waals surface area contributed by atoms with Gasteiger partial charge in [0.2, 0.25) is 0 Å². The number of ether oxygens (including phenoxy) is 1. The molecule has 1 aromatic carbocycles. The van der Waals surface area contributed by atoms with Gasteiger partial charge >= 0.3 is 5.97 Å². The van der Waals surface area contributed by atoms with Gasteiger partial charge in [0.1, 0.15) is 5.56 Å². The molecule has 6 nitrogen and oxygen atoms in total. The maximum absolute atomic E-state index is 12.9. The highest BCUT2D eigenvalue weighted by atomic mass is 35.5. The van der Waals surface area contributed by atoms with Gasteiger partial charge in [0, 0.05) is 30.1 Å². The monoisotopic (exact) mass is 453 g/mol. The van der Waals surface area contributed by atoms with Gasteiger partial charge in [0.05, 0.1) is 28.9 Å². The molecule has 2 heterocycles. The maximum Gasteiger partial charge on any atom is 0.344 e. The molecule has 0 fully saturated rings. The van der Waals surface area contributed by atoms with Gasteiger partial charge in [-0.2, -0.15) is 5.10 Å². The quantitative estimate of drug-likeness (QED) is 0.496. The van der Waals surface area contributed by atoms with E-state index in [2.05, 4.69) is 5.10 Å². The van der Waals surface area contributed by atoms with Gasteiger partial charge in [0.15, 0.2) is 10.6 Å². The number of hydrogen-bond acceptors (Lipinski definition) is 4. The number of benzene rings is 1. The lowest BCUT2D eigenvalue weighted by Crippen LogP contribution is -2.25. The Labute approximate surface area is 182 Å². The first kappa shape index (κ1) is 21.4. The standard InChI is InChI=1S/C20H18Cl3N3O3/c1-3-26-13(11-25-8-7-17(23)24-25)10-16(27)18(20(28)29-4-2)19(26)12-5-6-14(21)15(22)9-12/h5-10H,3-4,11H2,1-2H3. The maximum atomic E-state index is 12.9. The van der Waals surface area contributed by atoms with E-state index in [1.54, 1.807) is 42.1 Å².